The number of ether oxygens (including phenoxy) is 1. The maximum absolute atomic E-state index is 11.8. The number of hydrogen-bond donors (Lipinski definition) is 2. The molecule has 1 aliphatic carbocycles. The topological polar surface area (TPSA) is 50.4 Å². The second kappa shape index (κ2) is 8.19. The largest absolute Gasteiger partial charge is 0.444 e. The van der Waals surface area contributed by atoms with Crippen molar-refractivity contribution in [3.63, 3.8) is 0 Å². The van der Waals surface area contributed by atoms with E-state index in [-0.39, 0.29) is 6.09 Å². The molecule has 1 aliphatic rings. The first-order chi connectivity index (χ1) is 10.1. The average Bonchev–Trinajstić information content (AvgIpc) is 2.42. The van der Waals surface area contributed by atoms with Crippen LogP contribution in [-0.2, 0) is 4.74 Å². The molecule has 4 nitrogen and oxygen atoms in total. The number of hydrogen-bond acceptors (Lipinski definition) is 3. The van der Waals surface area contributed by atoms with Gasteiger partial charge in [-0.15, -0.1) is 0 Å². The number of carbonyl (C=O) groups is 1. The summed E-state index contributed by atoms with van der Waals surface area (Å²) in [4.78, 5) is 11.8. The molecule has 0 bridgehead atoms. The van der Waals surface area contributed by atoms with Crippen molar-refractivity contribution in [3.8, 4) is 0 Å². The number of nitrogens with one attached hydrogen (secondary N) is 2. The van der Waals surface area contributed by atoms with E-state index in [4.69, 9.17) is 4.74 Å². The van der Waals surface area contributed by atoms with Gasteiger partial charge in [-0.1, -0.05) is 33.6 Å². The Labute approximate surface area is 136 Å². The summed E-state index contributed by atoms with van der Waals surface area (Å²) in [6.45, 7) is 14.3. The van der Waals surface area contributed by atoms with Crippen LogP contribution >= 0.6 is 0 Å². The molecule has 2 unspecified atom stereocenters. The molecular formula is C18H36N2O2. The fourth-order valence-electron chi connectivity index (χ4n) is 2.78. The molecule has 0 aromatic carbocycles. The fourth-order valence-corrected chi connectivity index (χ4v) is 2.78. The normalized spacial score (nSPS) is 23.2. The Morgan fingerprint density at radius 3 is 2.36 bits per heavy atom. The van der Waals surface area contributed by atoms with Crippen LogP contribution in [0.5, 0.6) is 0 Å². The third kappa shape index (κ3) is 7.48. The molecule has 1 fully saturated rings. The van der Waals surface area contributed by atoms with Crippen LogP contribution in [0.1, 0.15) is 73.6 Å². The Morgan fingerprint density at radius 2 is 1.77 bits per heavy atom. The van der Waals surface area contributed by atoms with Crippen molar-refractivity contribution < 1.29 is 9.53 Å². The molecule has 4 heteroatoms. The molecule has 2 atom stereocenters. The first-order valence-electron chi connectivity index (χ1n) is 8.83. The van der Waals surface area contributed by atoms with Crippen LogP contribution in [0, 0.1) is 11.3 Å². The molecule has 0 saturated heterocycles. The predicted molar refractivity (Wildman–Crippen MR) is 92.1 cm³/mol. The van der Waals surface area contributed by atoms with Gasteiger partial charge >= 0.3 is 6.09 Å². The highest BCUT2D eigenvalue weighted by atomic mass is 16.6. The molecule has 0 heterocycles. The molecule has 1 saturated carbocycles. The zero-order valence-corrected chi connectivity index (χ0v) is 15.4. The monoisotopic (exact) mass is 312 g/mol. The minimum absolute atomic E-state index is 0.300. The third-order valence-corrected chi connectivity index (χ3v) is 4.62. The molecule has 1 amide bonds. The maximum Gasteiger partial charge on any atom is 0.407 e. The van der Waals surface area contributed by atoms with Gasteiger partial charge in [0.25, 0.3) is 0 Å². The van der Waals surface area contributed by atoms with Crippen LogP contribution in [0.15, 0.2) is 0 Å². The van der Waals surface area contributed by atoms with Crippen LogP contribution in [-0.4, -0.2) is 30.8 Å². The molecule has 130 valence electrons. The van der Waals surface area contributed by atoms with Crippen molar-refractivity contribution in [1.82, 2.24) is 10.6 Å². The summed E-state index contributed by atoms with van der Waals surface area (Å²) in [6.07, 6.45) is 5.81. The van der Waals surface area contributed by atoms with Gasteiger partial charge in [0.2, 0.25) is 0 Å². The summed E-state index contributed by atoms with van der Waals surface area (Å²) in [5.74, 6) is 0.508. The molecule has 2 N–H and O–H groups in total. The summed E-state index contributed by atoms with van der Waals surface area (Å²) in [7, 11) is 0. The van der Waals surface area contributed by atoms with Gasteiger partial charge in [-0.05, 0) is 51.4 Å². The van der Waals surface area contributed by atoms with E-state index in [9.17, 15) is 4.79 Å². The summed E-state index contributed by atoms with van der Waals surface area (Å²) in [5.41, 5.74) is -0.0972. The zero-order chi connectivity index (χ0) is 16.8. The van der Waals surface area contributed by atoms with Gasteiger partial charge in [0.1, 0.15) is 5.60 Å². The van der Waals surface area contributed by atoms with E-state index < -0.39 is 5.60 Å². The summed E-state index contributed by atoms with van der Waals surface area (Å²) < 4.78 is 5.33. The van der Waals surface area contributed by atoms with Gasteiger partial charge in [-0.25, -0.2) is 4.79 Å². The van der Waals surface area contributed by atoms with E-state index in [0.29, 0.717) is 23.9 Å². The van der Waals surface area contributed by atoms with E-state index in [2.05, 4.69) is 31.4 Å². The highest BCUT2D eigenvalue weighted by Crippen LogP contribution is 2.26. The van der Waals surface area contributed by atoms with Crippen LogP contribution < -0.4 is 10.6 Å². The Balaban J connectivity index is 2.43. The predicted octanol–water partition coefficient (Wildman–Crippen LogP) is 4.10. The third-order valence-electron chi connectivity index (χ3n) is 4.62. The summed E-state index contributed by atoms with van der Waals surface area (Å²) in [6, 6.07) is 0.509. The first-order valence-corrected chi connectivity index (χ1v) is 8.83. The molecule has 0 aromatic rings. The second-order valence-corrected chi connectivity index (χ2v) is 8.43. The lowest BCUT2D eigenvalue weighted by Crippen LogP contribution is -2.47. The minimum Gasteiger partial charge on any atom is -0.444 e. The molecule has 0 radical (unpaired) electrons. The van der Waals surface area contributed by atoms with Crippen molar-refractivity contribution in [3.05, 3.63) is 0 Å². The Hall–Kier alpha value is -0.770. The first kappa shape index (κ1) is 19.3. The number of rotatable bonds is 6. The van der Waals surface area contributed by atoms with Gasteiger partial charge in [0, 0.05) is 19.1 Å². The maximum atomic E-state index is 11.8. The van der Waals surface area contributed by atoms with Crippen molar-refractivity contribution in [2.75, 3.05) is 13.1 Å². The molecule has 22 heavy (non-hydrogen) atoms. The van der Waals surface area contributed by atoms with Gasteiger partial charge in [-0.2, -0.15) is 0 Å². The number of amides is 1. The lowest BCUT2D eigenvalue weighted by atomic mass is 9.83. The van der Waals surface area contributed by atoms with Gasteiger partial charge < -0.3 is 15.4 Å². The highest BCUT2D eigenvalue weighted by molar-refractivity contribution is 5.67. The number of carbonyl (C=O) groups excluding carboxylic acids is 1. The van der Waals surface area contributed by atoms with Crippen LogP contribution in [0.4, 0.5) is 4.79 Å². The van der Waals surface area contributed by atoms with Crippen molar-refractivity contribution in [2.24, 2.45) is 11.3 Å². The van der Waals surface area contributed by atoms with E-state index in [1.165, 1.54) is 32.1 Å². The molecule has 0 aromatic heterocycles. The van der Waals surface area contributed by atoms with Crippen molar-refractivity contribution in [2.45, 2.75) is 85.3 Å². The average molecular weight is 312 g/mol. The highest BCUT2D eigenvalue weighted by Gasteiger charge is 2.27. The van der Waals surface area contributed by atoms with Crippen molar-refractivity contribution >= 4 is 6.09 Å². The van der Waals surface area contributed by atoms with Crippen LogP contribution in [0.3, 0.4) is 0 Å². The Kier molecular flexibility index (Phi) is 7.17. The van der Waals surface area contributed by atoms with E-state index in [1.807, 2.05) is 20.8 Å². The van der Waals surface area contributed by atoms with E-state index in [1.54, 1.807) is 0 Å². The quantitative estimate of drug-likeness (QED) is 0.776. The number of alkyl carbamates (subject to hydrolysis) is 1. The minimum atomic E-state index is -0.431. The molecular weight excluding hydrogens is 276 g/mol. The molecule has 0 aliphatic heterocycles. The lowest BCUT2D eigenvalue weighted by Gasteiger charge is -2.35. The van der Waals surface area contributed by atoms with Crippen LogP contribution in [0.25, 0.3) is 0 Å². The summed E-state index contributed by atoms with van der Waals surface area (Å²) >= 11 is 0. The molecule has 0 spiro atoms. The van der Waals surface area contributed by atoms with Gasteiger partial charge in [0.05, 0.1) is 0 Å². The smallest absolute Gasteiger partial charge is 0.407 e. The van der Waals surface area contributed by atoms with Gasteiger partial charge in [-0.3, -0.25) is 0 Å². The second-order valence-electron chi connectivity index (χ2n) is 8.43. The fraction of sp³-hybridized carbons (Fsp3) is 0.944. The van der Waals surface area contributed by atoms with Gasteiger partial charge in [0.15, 0.2) is 0 Å². The van der Waals surface area contributed by atoms with E-state index in [0.717, 1.165) is 6.54 Å². The lowest BCUT2D eigenvalue weighted by molar-refractivity contribution is 0.0509. The SMILES string of the molecule is CCC(C)(C)CNC1CCCCC1CNC(=O)OC(C)(C)C. The van der Waals surface area contributed by atoms with Crippen LogP contribution in [0.2, 0.25) is 0 Å². The molecule has 1 rings (SSSR count). The van der Waals surface area contributed by atoms with E-state index >= 15 is 0 Å². The standard InChI is InChI=1S/C18H36N2O2/c1-7-18(5,6)13-20-15-11-9-8-10-14(15)12-19-16(21)22-17(2,3)4/h14-15,20H,7-13H2,1-6H3,(H,19,21). The van der Waals surface area contributed by atoms with Crippen molar-refractivity contribution in [1.29, 1.82) is 0 Å². The Morgan fingerprint density at radius 1 is 1.14 bits per heavy atom. The zero-order valence-electron chi connectivity index (χ0n) is 15.4. The Bertz CT molecular complexity index is 347. The summed E-state index contributed by atoms with van der Waals surface area (Å²) in [5, 5.41) is 6.69.